The second kappa shape index (κ2) is 6.99. The Morgan fingerprint density at radius 2 is 2.14 bits per heavy atom. The number of rotatable bonds is 5. The number of aliphatic hydroxyl groups is 1. The predicted octanol–water partition coefficient (Wildman–Crippen LogP) is 2.38. The smallest absolute Gasteiger partial charge is 0.315 e. The van der Waals surface area contributed by atoms with Crippen LogP contribution in [0.4, 0.5) is 0 Å². The Kier molecular flexibility index (Phi) is 5.06. The van der Waals surface area contributed by atoms with Gasteiger partial charge in [-0.15, -0.1) is 0 Å². The molecule has 0 aliphatic heterocycles. The molecule has 1 unspecified atom stereocenters. The quantitative estimate of drug-likeness (QED) is 0.857. The van der Waals surface area contributed by atoms with E-state index in [-0.39, 0.29) is 12.6 Å². The number of aromatic nitrogens is 1. The molecule has 0 saturated heterocycles. The van der Waals surface area contributed by atoms with Gasteiger partial charge in [0.25, 0.3) is 0 Å². The summed E-state index contributed by atoms with van der Waals surface area (Å²) in [5.41, 5.74) is 3.58. The Morgan fingerprint density at radius 1 is 1.33 bits per heavy atom. The van der Waals surface area contributed by atoms with E-state index in [0.717, 1.165) is 16.7 Å². The average molecular weight is 285 g/mol. The number of aryl methyl sites for hydroxylation is 1. The van der Waals surface area contributed by atoms with Crippen LogP contribution in [0.25, 0.3) is 0 Å². The Morgan fingerprint density at radius 3 is 2.76 bits per heavy atom. The van der Waals surface area contributed by atoms with Gasteiger partial charge in [-0.3, -0.25) is 9.78 Å². The summed E-state index contributed by atoms with van der Waals surface area (Å²) in [4.78, 5) is 16.3. The van der Waals surface area contributed by atoms with Gasteiger partial charge in [-0.05, 0) is 42.2 Å². The molecule has 0 radical (unpaired) electrons. The summed E-state index contributed by atoms with van der Waals surface area (Å²) in [6.07, 6.45) is 2.16. The van der Waals surface area contributed by atoms with Crippen molar-refractivity contribution in [1.29, 1.82) is 0 Å². The van der Waals surface area contributed by atoms with Crippen molar-refractivity contribution in [2.24, 2.45) is 0 Å². The Balaban J connectivity index is 2.29. The van der Waals surface area contributed by atoms with E-state index in [4.69, 9.17) is 4.74 Å². The number of hydrogen-bond donors (Lipinski definition) is 1. The fourth-order valence-corrected chi connectivity index (χ4v) is 2.29. The van der Waals surface area contributed by atoms with Gasteiger partial charge >= 0.3 is 5.97 Å². The zero-order valence-electron chi connectivity index (χ0n) is 12.2. The highest BCUT2D eigenvalue weighted by Gasteiger charge is 2.23. The molecule has 1 aromatic carbocycles. The number of ether oxygens (including phenoxy) is 1. The van der Waals surface area contributed by atoms with Crippen molar-refractivity contribution < 1.29 is 14.6 Å². The van der Waals surface area contributed by atoms with Gasteiger partial charge in [0.05, 0.1) is 19.4 Å². The van der Waals surface area contributed by atoms with Crippen molar-refractivity contribution in [3.63, 3.8) is 0 Å². The van der Waals surface area contributed by atoms with E-state index in [1.54, 1.807) is 6.20 Å². The van der Waals surface area contributed by atoms with Crippen molar-refractivity contribution in [2.75, 3.05) is 7.11 Å². The van der Waals surface area contributed by atoms with Crippen LogP contribution in [-0.4, -0.2) is 23.2 Å². The molecule has 110 valence electrons. The zero-order valence-corrected chi connectivity index (χ0v) is 12.2. The molecule has 2 rings (SSSR count). The molecule has 0 aliphatic rings. The van der Waals surface area contributed by atoms with E-state index < -0.39 is 5.92 Å². The first kappa shape index (κ1) is 15.2. The molecule has 0 fully saturated rings. The molecule has 1 aromatic heterocycles. The van der Waals surface area contributed by atoms with Crippen LogP contribution in [0.2, 0.25) is 0 Å². The number of benzene rings is 1. The van der Waals surface area contributed by atoms with E-state index in [0.29, 0.717) is 12.1 Å². The van der Waals surface area contributed by atoms with Gasteiger partial charge in [0.1, 0.15) is 5.92 Å². The van der Waals surface area contributed by atoms with Gasteiger partial charge < -0.3 is 9.84 Å². The average Bonchev–Trinajstić information content (AvgIpc) is 2.54. The minimum absolute atomic E-state index is 0.00779. The number of methoxy groups -OCH3 is 1. The Bertz CT molecular complexity index is 611. The van der Waals surface area contributed by atoms with Crippen LogP contribution in [0.3, 0.4) is 0 Å². The molecule has 0 spiro atoms. The lowest BCUT2D eigenvalue weighted by molar-refractivity contribution is -0.142. The third-order valence-electron chi connectivity index (χ3n) is 3.55. The fraction of sp³-hybridized carbons (Fsp3) is 0.294. The number of hydrogen-bond acceptors (Lipinski definition) is 4. The van der Waals surface area contributed by atoms with Gasteiger partial charge in [0.15, 0.2) is 0 Å². The van der Waals surface area contributed by atoms with Crippen LogP contribution in [0, 0.1) is 6.92 Å². The largest absolute Gasteiger partial charge is 0.468 e. The van der Waals surface area contributed by atoms with Crippen molar-refractivity contribution >= 4 is 5.97 Å². The summed E-state index contributed by atoms with van der Waals surface area (Å²) in [6, 6.07) is 11.3. The first-order valence-electron chi connectivity index (χ1n) is 6.83. The summed E-state index contributed by atoms with van der Waals surface area (Å²) < 4.78 is 4.89. The van der Waals surface area contributed by atoms with Crippen LogP contribution in [0.15, 0.2) is 42.6 Å². The molecule has 0 amide bonds. The maximum atomic E-state index is 12.0. The standard InChI is InChI=1S/C17H19NO3/c1-12-6-7-13(9-14(12)11-19)10-15(17(20)21-2)16-5-3-4-8-18-16/h3-9,15,19H,10-11H2,1-2H3. The maximum Gasteiger partial charge on any atom is 0.315 e. The number of carbonyl (C=O) groups excluding carboxylic acids is 1. The predicted molar refractivity (Wildman–Crippen MR) is 79.8 cm³/mol. The molecular formula is C17H19NO3. The van der Waals surface area contributed by atoms with E-state index in [9.17, 15) is 9.90 Å². The summed E-state index contributed by atoms with van der Waals surface area (Å²) >= 11 is 0. The number of nitrogens with zero attached hydrogens (tertiary/aromatic N) is 1. The van der Waals surface area contributed by atoms with Crippen molar-refractivity contribution in [3.8, 4) is 0 Å². The molecule has 1 atom stereocenters. The highest BCUT2D eigenvalue weighted by molar-refractivity contribution is 5.77. The number of carbonyl (C=O) groups is 1. The lowest BCUT2D eigenvalue weighted by atomic mass is 9.93. The van der Waals surface area contributed by atoms with Gasteiger partial charge in [-0.2, -0.15) is 0 Å². The molecule has 0 saturated carbocycles. The molecule has 0 bridgehead atoms. The minimum atomic E-state index is -0.439. The van der Waals surface area contributed by atoms with E-state index in [1.165, 1.54) is 7.11 Å². The Hall–Kier alpha value is -2.20. The monoisotopic (exact) mass is 285 g/mol. The molecule has 1 heterocycles. The van der Waals surface area contributed by atoms with E-state index in [2.05, 4.69) is 4.98 Å². The molecule has 2 aromatic rings. The van der Waals surface area contributed by atoms with E-state index in [1.807, 2.05) is 43.3 Å². The molecule has 4 nitrogen and oxygen atoms in total. The number of aliphatic hydroxyl groups excluding tert-OH is 1. The number of esters is 1. The second-order valence-electron chi connectivity index (χ2n) is 4.95. The van der Waals surface area contributed by atoms with Crippen molar-refractivity contribution in [2.45, 2.75) is 25.9 Å². The Labute approximate surface area is 124 Å². The zero-order chi connectivity index (χ0) is 15.2. The molecule has 21 heavy (non-hydrogen) atoms. The van der Waals surface area contributed by atoms with Crippen molar-refractivity contribution in [1.82, 2.24) is 4.98 Å². The SMILES string of the molecule is COC(=O)C(Cc1ccc(C)c(CO)c1)c1ccccn1. The van der Waals surface area contributed by atoms with Crippen molar-refractivity contribution in [3.05, 3.63) is 65.0 Å². The maximum absolute atomic E-state index is 12.0. The lowest BCUT2D eigenvalue weighted by Gasteiger charge is -2.15. The first-order valence-corrected chi connectivity index (χ1v) is 6.83. The molecular weight excluding hydrogens is 266 g/mol. The van der Waals surface area contributed by atoms with Crippen LogP contribution in [-0.2, 0) is 22.6 Å². The summed E-state index contributed by atoms with van der Waals surface area (Å²) in [7, 11) is 1.38. The van der Waals surface area contributed by atoms with Crippen LogP contribution in [0.5, 0.6) is 0 Å². The lowest BCUT2D eigenvalue weighted by Crippen LogP contribution is -2.18. The summed E-state index contributed by atoms with van der Waals surface area (Å²) in [5.74, 6) is -0.745. The molecule has 0 aliphatic carbocycles. The highest BCUT2D eigenvalue weighted by atomic mass is 16.5. The van der Waals surface area contributed by atoms with Crippen LogP contribution in [0.1, 0.15) is 28.3 Å². The molecule has 1 N–H and O–H groups in total. The summed E-state index contributed by atoms with van der Waals surface area (Å²) in [6.45, 7) is 1.94. The highest BCUT2D eigenvalue weighted by Crippen LogP contribution is 2.22. The second-order valence-corrected chi connectivity index (χ2v) is 4.95. The minimum Gasteiger partial charge on any atom is -0.468 e. The topological polar surface area (TPSA) is 59.4 Å². The van der Waals surface area contributed by atoms with E-state index >= 15 is 0 Å². The molecule has 4 heteroatoms. The van der Waals surface area contributed by atoms with Crippen LogP contribution >= 0.6 is 0 Å². The van der Waals surface area contributed by atoms with Gasteiger partial charge in [0, 0.05) is 6.20 Å². The third kappa shape index (κ3) is 3.67. The normalized spacial score (nSPS) is 12.0. The van der Waals surface area contributed by atoms with Gasteiger partial charge in [-0.1, -0.05) is 24.3 Å². The first-order chi connectivity index (χ1) is 10.2. The van der Waals surface area contributed by atoms with Gasteiger partial charge in [0.2, 0.25) is 0 Å². The van der Waals surface area contributed by atoms with Crippen LogP contribution < -0.4 is 0 Å². The number of pyridine rings is 1. The third-order valence-corrected chi connectivity index (χ3v) is 3.55. The van der Waals surface area contributed by atoms with Gasteiger partial charge in [-0.25, -0.2) is 0 Å². The fourth-order valence-electron chi connectivity index (χ4n) is 2.29. The summed E-state index contributed by atoms with van der Waals surface area (Å²) in [5, 5.41) is 9.35.